The van der Waals surface area contributed by atoms with Gasteiger partial charge in [0.1, 0.15) is 5.60 Å². The number of esters is 1. The third-order valence-corrected chi connectivity index (χ3v) is 5.24. The number of alkyl halides is 3. The first-order valence-electron chi connectivity index (χ1n) is 9.57. The molecule has 31 heavy (non-hydrogen) atoms. The molecule has 2 aromatic rings. The summed E-state index contributed by atoms with van der Waals surface area (Å²) in [6, 6.07) is 15.4. The molecule has 0 bridgehead atoms. The zero-order valence-electron chi connectivity index (χ0n) is 16.8. The van der Waals surface area contributed by atoms with Crippen molar-refractivity contribution >= 4 is 5.97 Å². The molecule has 0 spiro atoms. The lowest BCUT2D eigenvalue weighted by atomic mass is 9.80. The molecule has 2 aromatic carbocycles. The molecule has 1 fully saturated rings. The molecule has 1 saturated carbocycles. The Morgan fingerprint density at radius 2 is 1.48 bits per heavy atom. The van der Waals surface area contributed by atoms with Crippen LogP contribution < -0.4 is 0 Å². The van der Waals surface area contributed by atoms with Gasteiger partial charge < -0.3 is 14.6 Å². The van der Waals surface area contributed by atoms with Crippen LogP contribution in [0.3, 0.4) is 0 Å². The largest absolute Gasteiger partial charge is 0.453 e. The summed E-state index contributed by atoms with van der Waals surface area (Å²) < 4.78 is 53.2. The number of halogens is 3. The summed E-state index contributed by atoms with van der Waals surface area (Å²) in [6.45, 7) is -0.718. The second-order valence-electron chi connectivity index (χ2n) is 7.13. The lowest BCUT2D eigenvalue weighted by molar-refractivity contribution is -0.281. The van der Waals surface area contributed by atoms with Gasteiger partial charge in [0, 0.05) is 25.0 Å². The van der Waals surface area contributed by atoms with Gasteiger partial charge in [-0.1, -0.05) is 60.7 Å². The molecule has 5 radical (unpaired) electrons. The summed E-state index contributed by atoms with van der Waals surface area (Å²) >= 11 is 0. The highest BCUT2D eigenvalue weighted by atomic mass is 19.4. The first kappa shape index (κ1) is 23.3. The zero-order chi connectivity index (χ0) is 22.5. The maximum absolute atomic E-state index is 14.3. The molecule has 1 aliphatic rings. The Labute approximate surface area is 180 Å². The molecule has 0 unspecified atom stereocenters. The number of ether oxygens (including phenoxy) is 2. The van der Waals surface area contributed by atoms with Crippen molar-refractivity contribution in [2.45, 2.75) is 23.8 Å². The van der Waals surface area contributed by atoms with Crippen molar-refractivity contribution in [3.8, 4) is 0 Å². The summed E-state index contributed by atoms with van der Waals surface area (Å²) in [4.78, 5) is 13.2. The standard InChI is InChI=1S/C24H22F3O4/c1-30-23(24(25,26)27,20-14-6-3-7-15-20)21(29)31-22(17-28,19-12-8-9-13-19)16-18-10-4-2-5-11-18/h2-15,28H,16-17H2,1H3/t22-,23+/m1/s1. The minimum absolute atomic E-state index is 0.0213. The summed E-state index contributed by atoms with van der Waals surface area (Å²) in [5.41, 5.74) is -4.81. The van der Waals surface area contributed by atoms with Crippen LogP contribution in [0.1, 0.15) is 11.1 Å². The average molecular weight is 431 g/mol. The number of benzene rings is 2. The maximum atomic E-state index is 14.3. The Balaban J connectivity index is 2.05. The molecule has 1 aliphatic carbocycles. The highest BCUT2D eigenvalue weighted by Gasteiger charge is 2.65. The van der Waals surface area contributed by atoms with Gasteiger partial charge in [0.25, 0.3) is 5.60 Å². The van der Waals surface area contributed by atoms with Crippen LogP contribution in [0, 0.1) is 31.6 Å². The highest BCUT2D eigenvalue weighted by Crippen LogP contribution is 2.46. The van der Waals surface area contributed by atoms with Gasteiger partial charge in [0.05, 0.1) is 6.61 Å². The Morgan fingerprint density at radius 3 is 1.97 bits per heavy atom. The molecular weight excluding hydrogens is 409 g/mol. The van der Waals surface area contributed by atoms with Crippen LogP contribution in [0.4, 0.5) is 13.2 Å². The van der Waals surface area contributed by atoms with E-state index in [0.717, 1.165) is 19.2 Å². The fourth-order valence-electron chi connectivity index (χ4n) is 3.62. The van der Waals surface area contributed by atoms with Crippen molar-refractivity contribution in [3.63, 3.8) is 0 Å². The fraction of sp³-hybridized carbons (Fsp3) is 0.250. The van der Waals surface area contributed by atoms with E-state index in [0.29, 0.717) is 11.5 Å². The number of carbonyl (C=O) groups is 1. The molecule has 0 amide bonds. The van der Waals surface area contributed by atoms with Gasteiger partial charge in [-0.2, -0.15) is 13.2 Å². The van der Waals surface area contributed by atoms with Gasteiger partial charge in [-0.3, -0.25) is 0 Å². The van der Waals surface area contributed by atoms with E-state index >= 15 is 0 Å². The topological polar surface area (TPSA) is 55.8 Å². The Kier molecular flexibility index (Phi) is 7.06. The predicted molar refractivity (Wildman–Crippen MR) is 108 cm³/mol. The second kappa shape index (κ2) is 9.40. The van der Waals surface area contributed by atoms with E-state index in [1.165, 1.54) is 18.2 Å². The number of rotatable bonds is 8. The summed E-state index contributed by atoms with van der Waals surface area (Å²) in [5, 5.41) is 10.3. The minimum atomic E-state index is -5.11. The van der Waals surface area contributed by atoms with Crippen molar-refractivity contribution in [2.75, 3.05) is 13.7 Å². The summed E-state index contributed by atoms with van der Waals surface area (Å²) in [6.07, 6.45) is 1.37. The minimum Gasteiger partial charge on any atom is -0.453 e. The van der Waals surface area contributed by atoms with Gasteiger partial charge in [-0.05, 0) is 31.2 Å². The van der Waals surface area contributed by atoms with E-state index in [2.05, 4.69) is 0 Å². The smallest absolute Gasteiger partial charge is 0.432 e. The van der Waals surface area contributed by atoms with Gasteiger partial charge >= 0.3 is 12.1 Å². The van der Waals surface area contributed by atoms with Gasteiger partial charge in [0.2, 0.25) is 0 Å². The van der Waals surface area contributed by atoms with Crippen LogP contribution in [0.2, 0.25) is 0 Å². The van der Waals surface area contributed by atoms with Crippen molar-refractivity contribution in [1.29, 1.82) is 0 Å². The van der Waals surface area contributed by atoms with Crippen molar-refractivity contribution in [3.05, 3.63) is 103 Å². The van der Waals surface area contributed by atoms with Crippen LogP contribution in [-0.4, -0.2) is 36.6 Å². The molecule has 0 aliphatic heterocycles. The molecule has 1 N–H and O–H groups in total. The van der Waals surface area contributed by atoms with Crippen molar-refractivity contribution in [2.24, 2.45) is 0 Å². The van der Waals surface area contributed by atoms with E-state index in [9.17, 15) is 23.1 Å². The number of methoxy groups -OCH3 is 1. The lowest BCUT2D eigenvalue weighted by Crippen LogP contribution is -2.56. The van der Waals surface area contributed by atoms with Gasteiger partial charge in [-0.25, -0.2) is 4.79 Å². The van der Waals surface area contributed by atoms with E-state index in [1.807, 2.05) is 0 Å². The van der Waals surface area contributed by atoms with Crippen LogP contribution in [0.5, 0.6) is 0 Å². The summed E-state index contributed by atoms with van der Waals surface area (Å²) in [5.74, 6) is -1.27. The predicted octanol–water partition coefficient (Wildman–Crippen LogP) is 4.01. The highest BCUT2D eigenvalue weighted by molar-refractivity contribution is 5.83. The normalized spacial score (nSPS) is 18.9. The zero-order valence-corrected chi connectivity index (χ0v) is 16.8. The first-order chi connectivity index (χ1) is 14.8. The molecule has 0 saturated heterocycles. The molecule has 7 heteroatoms. The number of hydrogen-bond donors (Lipinski definition) is 1. The van der Waals surface area contributed by atoms with Crippen LogP contribution >= 0.6 is 0 Å². The van der Waals surface area contributed by atoms with E-state index in [1.54, 1.807) is 56.0 Å². The number of hydrogen-bond acceptors (Lipinski definition) is 4. The lowest BCUT2D eigenvalue weighted by Gasteiger charge is -2.41. The van der Waals surface area contributed by atoms with Crippen molar-refractivity contribution in [1.82, 2.24) is 0 Å². The molecule has 4 nitrogen and oxygen atoms in total. The Bertz CT molecular complexity index is 850. The Hall–Kier alpha value is -2.38. The number of aliphatic hydroxyl groups is 1. The maximum Gasteiger partial charge on any atom is 0.432 e. The molecule has 3 rings (SSSR count). The first-order valence-corrected chi connectivity index (χ1v) is 9.57. The molecular formula is C24H22F3O4. The van der Waals surface area contributed by atoms with E-state index in [4.69, 9.17) is 9.47 Å². The third kappa shape index (κ3) is 4.48. The monoisotopic (exact) mass is 431 g/mol. The van der Waals surface area contributed by atoms with Gasteiger partial charge in [0.15, 0.2) is 0 Å². The SMILES string of the molecule is CO[C@](C(=O)O[C@@](CO)(Cc1ccccc1)[C]1[CH][CH][CH][CH]1)(c1ccccc1)C(F)(F)F. The van der Waals surface area contributed by atoms with Crippen LogP contribution in [0.25, 0.3) is 0 Å². The molecule has 163 valence electrons. The van der Waals surface area contributed by atoms with E-state index < -0.39 is 35.5 Å². The molecule has 2 atom stereocenters. The average Bonchev–Trinajstić information content (AvgIpc) is 3.30. The second-order valence-corrected chi connectivity index (χ2v) is 7.13. The molecule has 0 aromatic heterocycles. The van der Waals surface area contributed by atoms with Crippen LogP contribution in [-0.2, 0) is 26.3 Å². The van der Waals surface area contributed by atoms with E-state index in [-0.39, 0.29) is 6.42 Å². The quantitative estimate of drug-likeness (QED) is 0.642. The Morgan fingerprint density at radius 1 is 0.935 bits per heavy atom. The number of aliphatic hydroxyl groups excluding tert-OH is 1. The van der Waals surface area contributed by atoms with Crippen molar-refractivity contribution < 1.29 is 32.5 Å². The molecule has 0 heterocycles. The fourth-order valence-corrected chi connectivity index (χ4v) is 3.62. The van der Waals surface area contributed by atoms with Gasteiger partial charge in [-0.15, -0.1) is 0 Å². The summed E-state index contributed by atoms with van der Waals surface area (Å²) in [7, 11) is 0.808. The number of carbonyl (C=O) groups excluding carboxylic acids is 1. The van der Waals surface area contributed by atoms with Crippen LogP contribution in [0.15, 0.2) is 60.7 Å². The third-order valence-electron chi connectivity index (χ3n) is 5.24.